The zero-order chi connectivity index (χ0) is 14.4. The van der Waals surface area contributed by atoms with Crippen LogP contribution in [0.1, 0.15) is 30.0 Å². The van der Waals surface area contributed by atoms with Crippen LogP contribution in [0.15, 0.2) is 12.1 Å². The summed E-state index contributed by atoms with van der Waals surface area (Å²) in [5, 5.41) is 11.9. The molecule has 0 heterocycles. The van der Waals surface area contributed by atoms with Crippen molar-refractivity contribution in [3.8, 4) is 5.75 Å². The van der Waals surface area contributed by atoms with Gasteiger partial charge in [-0.3, -0.25) is 4.79 Å². The molecule has 19 heavy (non-hydrogen) atoms. The Kier molecular flexibility index (Phi) is 5.83. The summed E-state index contributed by atoms with van der Waals surface area (Å²) in [6.45, 7) is 6.23. The predicted octanol–water partition coefficient (Wildman–Crippen LogP) is 1.95. The minimum absolute atomic E-state index is 0.101. The van der Waals surface area contributed by atoms with Gasteiger partial charge in [-0.1, -0.05) is 19.1 Å². The van der Waals surface area contributed by atoms with Crippen LogP contribution in [0.5, 0.6) is 5.75 Å². The molecule has 0 saturated heterocycles. The monoisotopic (exact) mass is 265 g/mol. The van der Waals surface area contributed by atoms with Gasteiger partial charge in [0.1, 0.15) is 5.75 Å². The Balaban J connectivity index is 2.71. The van der Waals surface area contributed by atoms with Crippen molar-refractivity contribution in [3.05, 3.63) is 28.8 Å². The maximum Gasteiger partial charge on any atom is 0.225 e. The number of methoxy groups -OCH3 is 1. The SMILES string of the molecule is CCC(CO)C(=O)NCc1cc(C)c(OC)c(C)c1. The highest BCUT2D eigenvalue weighted by molar-refractivity contribution is 5.78. The van der Waals surface area contributed by atoms with Crippen molar-refractivity contribution in [2.24, 2.45) is 5.92 Å². The van der Waals surface area contributed by atoms with Crippen molar-refractivity contribution in [1.29, 1.82) is 0 Å². The summed E-state index contributed by atoms with van der Waals surface area (Å²) < 4.78 is 5.31. The molecule has 1 amide bonds. The lowest BCUT2D eigenvalue weighted by molar-refractivity contribution is -0.126. The zero-order valence-corrected chi connectivity index (χ0v) is 12.1. The van der Waals surface area contributed by atoms with Gasteiger partial charge in [-0.05, 0) is 37.0 Å². The lowest BCUT2D eigenvalue weighted by Gasteiger charge is -2.14. The van der Waals surface area contributed by atoms with Gasteiger partial charge in [0.15, 0.2) is 0 Å². The quantitative estimate of drug-likeness (QED) is 0.826. The van der Waals surface area contributed by atoms with E-state index < -0.39 is 0 Å². The number of ether oxygens (including phenoxy) is 1. The Labute approximate surface area is 114 Å². The summed E-state index contributed by atoms with van der Waals surface area (Å²) in [4.78, 5) is 11.8. The van der Waals surface area contributed by atoms with Gasteiger partial charge >= 0.3 is 0 Å². The average molecular weight is 265 g/mol. The third-order valence-corrected chi connectivity index (χ3v) is 3.27. The maximum absolute atomic E-state index is 11.8. The number of nitrogens with one attached hydrogen (secondary N) is 1. The van der Waals surface area contributed by atoms with E-state index in [0.29, 0.717) is 13.0 Å². The first-order valence-electron chi connectivity index (χ1n) is 6.56. The third-order valence-electron chi connectivity index (χ3n) is 3.27. The number of hydrogen-bond acceptors (Lipinski definition) is 3. The fourth-order valence-electron chi connectivity index (χ4n) is 2.19. The first-order chi connectivity index (χ1) is 9.03. The number of aryl methyl sites for hydroxylation is 2. The summed E-state index contributed by atoms with van der Waals surface area (Å²) in [7, 11) is 1.66. The van der Waals surface area contributed by atoms with Crippen molar-refractivity contribution >= 4 is 5.91 Å². The van der Waals surface area contributed by atoms with Crippen LogP contribution in [0.4, 0.5) is 0 Å². The molecule has 0 fully saturated rings. The summed E-state index contributed by atoms with van der Waals surface area (Å²) in [5.74, 6) is 0.466. The molecular formula is C15H23NO3. The van der Waals surface area contributed by atoms with E-state index in [2.05, 4.69) is 5.32 Å². The van der Waals surface area contributed by atoms with Crippen LogP contribution >= 0.6 is 0 Å². The van der Waals surface area contributed by atoms with Crippen LogP contribution in [0, 0.1) is 19.8 Å². The van der Waals surface area contributed by atoms with Crippen molar-refractivity contribution in [2.75, 3.05) is 13.7 Å². The van der Waals surface area contributed by atoms with Crippen LogP contribution in [-0.2, 0) is 11.3 Å². The van der Waals surface area contributed by atoms with Gasteiger partial charge in [0.2, 0.25) is 5.91 Å². The Morgan fingerprint density at radius 1 is 1.37 bits per heavy atom. The lowest BCUT2D eigenvalue weighted by Crippen LogP contribution is -2.31. The number of aliphatic hydroxyl groups excluding tert-OH is 1. The van der Waals surface area contributed by atoms with E-state index >= 15 is 0 Å². The first-order valence-corrected chi connectivity index (χ1v) is 6.56. The van der Waals surface area contributed by atoms with E-state index in [1.54, 1.807) is 7.11 Å². The van der Waals surface area contributed by atoms with Crippen LogP contribution < -0.4 is 10.1 Å². The molecule has 1 unspecified atom stereocenters. The second-order valence-electron chi connectivity index (χ2n) is 4.77. The Morgan fingerprint density at radius 2 is 1.95 bits per heavy atom. The molecule has 1 atom stereocenters. The van der Waals surface area contributed by atoms with Crippen LogP contribution in [-0.4, -0.2) is 24.7 Å². The molecule has 1 aromatic rings. The molecule has 0 spiro atoms. The normalized spacial score (nSPS) is 12.1. The van der Waals surface area contributed by atoms with Gasteiger partial charge in [0.25, 0.3) is 0 Å². The number of hydrogen-bond donors (Lipinski definition) is 2. The molecule has 1 rings (SSSR count). The number of amides is 1. The molecule has 4 nitrogen and oxygen atoms in total. The van der Waals surface area contributed by atoms with Crippen molar-refractivity contribution in [3.63, 3.8) is 0 Å². The molecule has 0 aliphatic heterocycles. The molecule has 0 radical (unpaired) electrons. The van der Waals surface area contributed by atoms with Crippen LogP contribution in [0.2, 0.25) is 0 Å². The predicted molar refractivity (Wildman–Crippen MR) is 75.2 cm³/mol. The van der Waals surface area contributed by atoms with Gasteiger partial charge in [-0.25, -0.2) is 0 Å². The fourth-order valence-corrected chi connectivity index (χ4v) is 2.19. The largest absolute Gasteiger partial charge is 0.496 e. The summed E-state index contributed by atoms with van der Waals surface area (Å²) in [5.41, 5.74) is 3.15. The van der Waals surface area contributed by atoms with E-state index in [1.165, 1.54) is 0 Å². The van der Waals surface area contributed by atoms with Crippen LogP contribution in [0.3, 0.4) is 0 Å². The molecular weight excluding hydrogens is 242 g/mol. The Bertz CT molecular complexity index is 416. The number of rotatable bonds is 6. The molecule has 4 heteroatoms. The van der Waals surface area contributed by atoms with Gasteiger partial charge in [0.05, 0.1) is 19.6 Å². The zero-order valence-electron chi connectivity index (χ0n) is 12.1. The molecule has 2 N–H and O–H groups in total. The molecule has 0 saturated carbocycles. The molecule has 0 aromatic heterocycles. The minimum Gasteiger partial charge on any atom is -0.496 e. The average Bonchev–Trinajstić information content (AvgIpc) is 2.37. The summed E-state index contributed by atoms with van der Waals surface area (Å²) >= 11 is 0. The van der Waals surface area contributed by atoms with E-state index in [4.69, 9.17) is 9.84 Å². The van der Waals surface area contributed by atoms with Crippen LogP contribution in [0.25, 0.3) is 0 Å². The van der Waals surface area contributed by atoms with E-state index in [0.717, 1.165) is 22.4 Å². The first kappa shape index (κ1) is 15.5. The summed E-state index contributed by atoms with van der Waals surface area (Å²) in [6.07, 6.45) is 0.642. The third kappa shape index (κ3) is 3.96. The standard InChI is InChI=1S/C15H23NO3/c1-5-13(9-17)15(18)16-8-12-6-10(2)14(19-4)11(3)7-12/h6-7,13,17H,5,8-9H2,1-4H3,(H,16,18). The second kappa shape index (κ2) is 7.14. The second-order valence-corrected chi connectivity index (χ2v) is 4.77. The van der Waals surface area contributed by atoms with Gasteiger partial charge in [-0.2, -0.15) is 0 Å². The molecule has 0 aliphatic rings. The van der Waals surface area contributed by atoms with Crippen molar-refractivity contribution < 1.29 is 14.6 Å². The summed E-state index contributed by atoms with van der Waals surface area (Å²) in [6, 6.07) is 4.01. The number of carbonyl (C=O) groups is 1. The number of carbonyl (C=O) groups excluding carboxylic acids is 1. The minimum atomic E-state index is -0.319. The van der Waals surface area contributed by atoms with E-state index in [1.807, 2.05) is 32.9 Å². The number of benzene rings is 1. The topological polar surface area (TPSA) is 58.6 Å². The van der Waals surface area contributed by atoms with E-state index in [9.17, 15) is 4.79 Å². The molecule has 0 aliphatic carbocycles. The van der Waals surface area contributed by atoms with E-state index in [-0.39, 0.29) is 18.4 Å². The van der Waals surface area contributed by atoms with Gasteiger partial charge in [-0.15, -0.1) is 0 Å². The highest BCUT2D eigenvalue weighted by Gasteiger charge is 2.14. The number of aliphatic hydroxyl groups is 1. The molecule has 106 valence electrons. The highest BCUT2D eigenvalue weighted by Crippen LogP contribution is 2.24. The highest BCUT2D eigenvalue weighted by atomic mass is 16.5. The van der Waals surface area contributed by atoms with Crippen molar-refractivity contribution in [2.45, 2.75) is 33.7 Å². The lowest BCUT2D eigenvalue weighted by atomic mass is 10.0. The molecule has 0 bridgehead atoms. The Morgan fingerprint density at radius 3 is 2.37 bits per heavy atom. The maximum atomic E-state index is 11.8. The van der Waals surface area contributed by atoms with Gasteiger partial charge in [0, 0.05) is 6.54 Å². The smallest absolute Gasteiger partial charge is 0.225 e. The fraction of sp³-hybridized carbons (Fsp3) is 0.533. The van der Waals surface area contributed by atoms with Gasteiger partial charge < -0.3 is 15.2 Å². The van der Waals surface area contributed by atoms with Crippen molar-refractivity contribution in [1.82, 2.24) is 5.32 Å². The molecule has 1 aromatic carbocycles. The Hall–Kier alpha value is -1.55.